The van der Waals surface area contributed by atoms with Crippen molar-refractivity contribution in [1.82, 2.24) is 4.90 Å². The summed E-state index contributed by atoms with van der Waals surface area (Å²) in [7, 11) is 0. The number of allylic oxidation sites excluding steroid dienone is 2. The zero-order chi connectivity index (χ0) is 18.0. The number of nitrogens with zero attached hydrogens (tertiary/aromatic N) is 1. The van der Waals surface area contributed by atoms with Gasteiger partial charge in [0.05, 0.1) is 6.61 Å². The lowest BCUT2D eigenvalue weighted by Crippen LogP contribution is -2.16. The molecule has 0 aliphatic carbocycles. The minimum absolute atomic E-state index is 0.0133. The van der Waals surface area contributed by atoms with E-state index in [9.17, 15) is 10.2 Å². The first-order valence-corrected chi connectivity index (χ1v) is 9.79. The molecule has 0 unspecified atom stereocenters. The molecule has 142 valence electrons. The van der Waals surface area contributed by atoms with Gasteiger partial charge in [-0.25, -0.2) is 0 Å². The van der Waals surface area contributed by atoms with Crippen molar-refractivity contribution in [3.63, 3.8) is 0 Å². The van der Waals surface area contributed by atoms with Gasteiger partial charge in [0.2, 0.25) is 0 Å². The average molecular weight is 342 g/mol. The smallest absolute Gasteiger partial charge is 0.108 e. The second-order valence-corrected chi connectivity index (χ2v) is 6.53. The van der Waals surface area contributed by atoms with Crippen molar-refractivity contribution in [3.8, 4) is 0 Å². The molecular weight excluding hydrogens is 302 g/mol. The fourth-order valence-corrected chi connectivity index (χ4v) is 2.61. The molecule has 0 rings (SSSR count). The molecule has 0 spiro atoms. The van der Waals surface area contributed by atoms with Gasteiger partial charge in [-0.15, -0.1) is 0 Å². The highest BCUT2D eigenvalue weighted by molar-refractivity contribution is 4.99. The van der Waals surface area contributed by atoms with Gasteiger partial charge < -0.3 is 20.2 Å². The molecule has 0 radical (unpaired) electrons. The SMILES string of the molecule is CCCCCCC/C(O)=C/N(/C=C(\O)CCCCCCC)CCO. The van der Waals surface area contributed by atoms with Crippen LogP contribution in [0.2, 0.25) is 0 Å². The van der Waals surface area contributed by atoms with Crippen LogP contribution in [0.3, 0.4) is 0 Å². The molecule has 0 aromatic rings. The summed E-state index contributed by atoms with van der Waals surface area (Å²) >= 11 is 0. The Morgan fingerprint density at radius 3 is 1.50 bits per heavy atom. The van der Waals surface area contributed by atoms with E-state index in [0.29, 0.717) is 30.9 Å². The van der Waals surface area contributed by atoms with Gasteiger partial charge in [0.25, 0.3) is 0 Å². The van der Waals surface area contributed by atoms with Crippen molar-refractivity contribution in [2.24, 2.45) is 0 Å². The van der Waals surface area contributed by atoms with Crippen molar-refractivity contribution in [1.29, 1.82) is 0 Å². The Bertz CT molecular complexity index is 310. The van der Waals surface area contributed by atoms with Gasteiger partial charge in [-0.3, -0.25) is 0 Å². The lowest BCUT2D eigenvalue weighted by Gasteiger charge is -2.16. The third-order valence-corrected chi connectivity index (χ3v) is 4.06. The van der Waals surface area contributed by atoms with Crippen LogP contribution >= 0.6 is 0 Å². The van der Waals surface area contributed by atoms with Crippen LogP contribution in [0.15, 0.2) is 23.9 Å². The summed E-state index contributed by atoms with van der Waals surface area (Å²) in [6.45, 7) is 4.74. The highest BCUT2D eigenvalue weighted by Crippen LogP contribution is 2.13. The number of aliphatic hydroxyl groups excluding tert-OH is 3. The van der Waals surface area contributed by atoms with E-state index in [2.05, 4.69) is 13.8 Å². The van der Waals surface area contributed by atoms with Crippen LogP contribution in [0.1, 0.15) is 90.9 Å². The van der Waals surface area contributed by atoms with Crippen molar-refractivity contribution in [2.45, 2.75) is 90.9 Å². The lowest BCUT2D eigenvalue weighted by atomic mass is 10.1. The van der Waals surface area contributed by atoms with Crippen LogP contribution in [-0.2, 0) is 0 Å². The number of aliphatic hydroxyl groups is 3. The van der Waals surface area contributed by atoms with E-state index in [0.717, 1.165) is 25.7 Å². The summed E-state index contributed by atoms with van der Waals surface area (Å²) in [5.74, 6) is 0.624. The summed E-state index contributed by atoms with van der Waals surface area (Å²) in [4.78, 5) is 1.68. The molecule has 4 heteroatoms. The van der Waals surface area contributed by atoms with Gasteiger partial charge in [0.15, 0.2) is 0 Å². The molecule has 3 N–H and O–H groups in total. The number of hydrogen-bond donors (Lipinski definition) is 3. The summed E-state index contributed by atoms with van der Waals surface area (Å²) in [5.41, 5.74) is 0. The Labute approximate surface area is 148 Å². The van der Waals surface area contributed by atoms with Gasteiger partial charge >= 0.3 is 0 Å². The van der Waals surface area contributed by atoms with Crippen LogP contribution < -0.4 is 0 Å². The van der Waals surface area contributed by atoms with Crippen LogP contribution in [0.25, 0.3) is 0 Å². The van der Waals surface area contributed by atoms with E-state index in [1.165, 1.54) is 38.5 Å². The van der Waals surface area contributed by atoms with Gasteiger partial charge in [0, 0.05) is 31.8 Å². The monoisotopic (exact) mass is 341 g/mol. The third kappa shape index (κ3) is 14.4. The normalized spacial score (nSPS) is 12.6. The minimum Gasteiger partial charge on any atom is -0.511 e. The maximum atomic E-state index is 10.0. The topological polar surface area (TPSA) is 63.9 Å². The molecule has 0 aliphatic rings. The largest absolute Gasteiger partial charge is 0.511 e. The molecule has 0 saturated heterocycles. The Hall–Kier alpha value is -1.16. The van der Waals surface area contributed by atoms with Gasteiger partial charge in [0.1, 0.15) is 11.5 Å². The highest BCUT2D eigenvalue weighted by Gasteiger charge is 2.03. The van der Waals surface area contributed by atoms with E-state index < -0.39 is 0 Å². The quantitative estimate of drug-likeness (QED) is 0.245. The van der Waals surface area contributed by atoms with Crippen LogP contribution in [0.4, 0.5) is 0 Å². The van der Waals surface area contributed by atoms with Crippen molar-refractivity contribution in [3.05, 3.63) is 23.9 Å². The van der Waals surface area contributed by atoms with Crippen LogP contribution in [0, 0.1) is 0 Å². The maximum absolute atomic E-state index is 10.0. The highest BCUT2D eigenvalue weighted by atomic mass is 16.3. The molecule has 24 heavy (non-hydrogen) atoms. The lowest BCUT2D eigenvalue weighted by molar-refractivity contribution is 0.252. The predicted molar refractivity (Wildman–Crippen MR) is 102 cm³/mol. The summed E-state index contributed by atoms with van der Waals surface area (Å²) < 4.78 is 0. The fraction of sp³-hybridized carbons (Fsp3) is 0.800. The molecule has 0 aromatic carbocycles. The molecule has 0 aliphatic heterocycles. The molecule has 0 fully saturated rings. The zero-order valence-electron chi connectivity index (χ0n) is 15.8. The van der Waals surface area contributed by atoms with E-state index in [1.807, 2.05) is 0 Å². The summed E-state index contributed by atoms with van der Waals surface area (Å²) in [5, 5.41) is 29.2. The van der Waals surface area contributed by atoms with E-state index >= 15 is 0 Å². The number of unbranched alkanes of at least 4 members (excludes halogenated alkanes) is 8. The maximum Gasteiger partial charge on any atom is 0.108 e. The Morgan fingerprint density at radius 2 is 1.12 bits per heavy atom. The minimum atomic E-state index is -0.0133. The van der Waals surface area contributed by atoms with Gasteiger partial charge in [-0.1, -0.05) is 65.2 Å². The molecule has 0 saturated carbocycles. The van der Waals surface area contributed by atoms with E-state index in [-0.39, 0.29) is 6.61 Å². The molecule has 0 atom stereocenters. The number of rotatable bonds is 16. The Balaban J connectivity index is 4.23. The van der Waals surface area contributed by atoms with Crippen molar-refractivity contribution >= 4 is 0 Å². The summed E-state index contributed by atoms with van der Waals surface area (Å²) in [6.07, 6.45) is 16.1. The summed E-state index contributed by atoms with van der Waals surface area (Å²) in [6, 6.07) is 0. The first-order valence-electron chi connectivity index (χ1n) is 9.79. The molecule has 0 heterocycles. The van der Waals surface area contributed by atoms with E-state index in [4.69, 9.17) is 5.11 Å². The van der Waals surface area contributed by atoms with E-state index in [1.54, 1.807) is 17.3 Å². The average Bonchev–Trinajstić information content (AvgIpc) is 2.54. The first-order chi connectivity index (χ1) is 11.6. The standard InChI is InChI=1S/C20H39NO3/c1-3-5-7-9-11-13-19(23)17-21(15-16-22)18-20(24)14-12-10-8-6-4-2/h17-18,22-24H,3-16H2,1-2H3/b19-17-,20-18-. The Morgan fingerprint density at radius 1 is 0.708 bits per heavy atom. The molecule has 4 nitrogen and oxygen atoms in total. The third-order valence-electron chi connectivity index (χ3n) is 4.06. The van der Waals surface area contributed by atoms with Crippen LogP contribution in [-0.4, -0.2) is 33.4 Å². The first kappa shape index (κ1) is 22.8. The predicted octanol–water partition coefficient (Wildman–Crippen LogP) is 5.80. The van der Waals surface area contributed by atoms with Crippen molar-refractivity contribution in [2.75, 3.05) is 13.2 Å². The molecule has 0 aromatic heterocycles. The van der Waals surface area contributed by atoms with Gasteiger partial charge in [-0.2, -0.15) is 0 Å². The molecule has 0 amide bonds. The molecule has 0 bridgehead atoms. The molecular formula is C20H39NO3. The fourth-order valence-electron chi connectivity index (χ4n) is 2.61. The number of hydrogen-bond acceptors (Lipinski definition) is 4. The van der Waals surface area contributed by atoms with Crippen molar-refractivity contribution < 1.29 is 15.3 Å². The zero-order valence-corrected chi connectivity index (χ0v) is 15.8. The second-order valence-electron chi connectivity index (χ2n) is 6.53. The second kappa shape index (κ2) is 16.7. The Kier molecular flexibility index (Phi) is 15.9. The van der Waals surface area contributed by atoms with Crippen LogP contribution in [0.5, 0.6) is 0 Å². The van der Waals surface area contributed by atoms with Gasteiger partial charge in [-0.05, 0) is 12.8 Å².